The first-order valence-electron chi connectivity index (χ1n) is 3.24. The second-order valence-electron chi connectivity index (χ2n) is 2.01. The predicted molar refractivity (Wildman–Crippen MR) is 47.0 cm³/mol. The van der Waals surface area contributed by atoms with Gasteiger partial charge >= 0.3 is 0 Å². The minimum Gasteiger partial charge on any atom is -0.211 e. The highest BCUT2D eigenvalue weighted by Crippen LogP contribution is 2.34. The number of para-hydroxylation sites is 1. The molecular formula is C8H3ClN2O2. The Morgan fingerprint density at radius 2 is 1.85 bits per heavy atom. The molecule has 13 heavy (non-hydrogen) atoms. The van der Waals surface area contributed by atoms with Crippen molar-refractivity contribution in [1.82, 2.24) is 0 Å². The summed E-state index contributed by atoms with van der Waals surface area (Å²) >= 11 is 5.68. The molecule has 0 aliphatic rings. The summed E-state index contributed by atoms with van der Waals surface area (Å²) in [6.45, 7) is 0. The second-order valence-corrected chi connectivity index (χ2v) is 2.42. The topological polar surface area (TPSA) is 58.9 Å². The van der Waals surface area contributed by atoms with E-state index >= 15 is 0 Å². The summed E-state index contributed by atoms with van der Waals surface area (Å²) in [5.41, 5.74) is 0.327. The first kappa shape index (κ1) is 9.36. The third kappa shape index (κ3) is 2.10. The van der Waals surface area contributed by atoms with Crippen molar-refractivity contribution in [2.75, 3.05) is 0 Å². The molecule has 0 bridgehead atoms. The highest BCUT2D eigenvalue weighted by atomic mass is 35.5. The van der Waals surface area contributed by atoms with E-state index in [1.165, 1.54) is 24.3 Å². The van der Waals surface area contributed by atoms with Crippen LogP contribution in [0.1, 0.15) is 0 Å². The molecule has 0 saturated heterocycles. The Bertz CT molecular complexity index is 418. The van der Waals surface area contributed by atoms with Crippen LogP contribution in [0.25, 0.3) is 0 Å². The smallest absolute Gasteiger partial charge is 0.211 e. The number of nitrogens with zero attached hydrogens (tertiary/aromatic N) is 2. The third-order valence-electron chi connectivity index (χ3n) is 1.29. The van der Waals surface area contributed by atoms with E-state index in [9.17, 15) is 9.59 Å². The van der Waals surface area contributed by atoms with Crippen molar-refractivity contribution in [2.24, 2.45) is 9.98 Å². The SMILES string of the molecule is O=C=Nc1cccc(Cl)c1N=C=O. The van der Waals surface area contributed by atoms with Crippen molar-refractivity contribution in [2.45, 2.75) is 0 Å². The molecule has 1 aromatic rings. The molecule has 0 spiro atoms. The highest BCUT2D eigenvalue weighted by Gasteiger charge is 2.04. The van der Waals surface area contributed by atoms with Crippen molar-refractivity contribution in [1.29, 1.82) is 0 Å². The van der Waals surface area contributed by atoms with Crippen LogP contribution >= 0.6 is 11.6 Å². The fourth-order valence-corrected chi connectivity index (χ4v) is 1.01. The molecule has 1 rings (SSSR count). The average molecular weight is 195 g/mol. The summed E-state index contributed by atoms with van der Waals surface area (Å²) in [6.07, 6.45) is 2.66. The number of hydrogen-bond acceptors (Lipinski definition) is 4. The molecule has 5 heteroatoms. The highest BCUT2D eigenvalue weighted by molar-refractivity contribution is 6.33. The van der Waals surface area contributed by atoms with Crippen LogP contribution in [0.2, 0.25) is 5.02 Å². The van der Waals surface area contributed by atoms with Crippen molar-refractivity contribution in [3.63, 3.8) is 0 Å². The predicted octanol–water partition coefficient (Wildman–Crippen LogP) is 2.27. The van der Waals surface area contributed by atoms with Gasteiger partial charge in [-0.15, -0.1) is 0 Å². The normalized spacial score (nSPS) is 8.38. The van der Waals surface area contributed by atoms with E-state index in [-0.39, 0.29) is 16.4 Å². The molecule has 0 saturated carbocycles. The van der Waals surface area contributed by atoms with Crippen LogP contribution in [0, 0.1) is 0 Å². The molecule has 4 nitrogen and oxygen atoms in total. The molecule has 0 aliphatic carbocycles. The number of rotatable bonds is 2. The zero-order chi connectivity index (χ0) is 9.68. The lowest BCUT2D eigenvalue weighted by Gasteiger charge is -1.97. The Balaban J connectivity index is 3.41. The van der Waals surface area contributed by atoms with Crippen LogP contribution in [0.15, 0.2) is 28.2 Å². The fraction of sp³-hybridized carbons (Fsp3) is 0. The summed E-state index contributed by atoms with van der Waals surface area (Å²) in [5, 5.41) is 0.236. The number of halogens is 1. The zero-order valence-corrected chi connectivity index (χ0v) is 7.08. The van der Waals surface area contributed by atoms with Crippen LogP contribution in [0.4, 0.5) is 11.4 Å². The first-order chi connectivity index (χ1) is 6.29. The number of hydrogen-bond donors (Lipinski definition) is 0. The van der Waals surface area contributed by atoms with E-state index in [4.69, 9.17) is 11.6 Å². The van der Waals surface area contributed by atoms with Gasteiger partial charge in [0, 0.05) is 0 Å². The summed E-state index contributed by atoms with van der Waals surface area (Å²) < 4.78 is 0. The molecule has 0 aliphatic heterocycles. The van der Waals surface area contributed by atoms with Gasteiger partial charge in [-0.3, -0.25) is 0 Å². The van der Waals surface area contributed by atoms with Gasteiger partial charge in [-0.25, -0.2) is 9.59 Å². The van der Waals surface area contributed by atoms with Gasteiger partial charge in [0.05, 0.1) is 5.02 Å². The van der Waals surface area contributed by atoms with E-state index < -0.39 is 0 Å². The lowest BCUT2D eigenvalue weighted by Crippen LogP contribution is -1.70. The van der Waals surface area contributed by atoms with Crippen molar-refractivity contribution in [3.05, 3.63) is 23.2 Å². The van der Waals surface area contributed by atoms with Gasteiger partial charge in [0.15, 0.2) is 0 Å². The zero-order valence-electron chi connectivity index (χ0n) is 6.32. The van der Waals surface area contributed by atoms with Gasteiger partial charge in [0.1, 0.15) is 11.4 Å². The molecule has 0 radical (unpaired) electrons. The average Bonchev–Trinajstić information content (AvgIpc) is 2.11. The van der Waals surface area contributed by atoms with Crippen molar-refractivity contribution >= 4 is 35.1 Å². The summed E-state index contributed by atoms with van der Waals surface area (Å²) in [6, 6.07) is 4.61. The molecule has 0 atom stereocenters. The van der Waals surface area contributed by atoms with Crippen LogP contribution in [0.3, 0.4) is 0 Å². The molecule has 0 unspecified atom stereocenters. The number of carbonyl (C=O) groups excluding carboxylic acids is 2. The molecule has 64 valence electrons. The van der Waals surface area contributed by atoms with E-state index in [0.29, 0.717) is 0 Å². The molecule has 1 aromatic carbocycles. The standard InChI is InChI=1S/C8H3ClN2O2/c9-6-2-1-3-7(10-4-12)8(6)11-5-13/h1-3H. The maximum absolute atomic E-state index is 9.99. The Morgan fingerprint density at radius 1 is 1.15 bits per heavy atom. The Kier molecular flexibility index (Phi) is 3.12. The molecule has 0 aromatic heterocycles. The van der Waals surface area contributed by atoms with Gasteiger partial charge in [-0.05, 0) is 12.1 Å². The number of aliphatic imine (C=N–C) groups is 2. The number of isocyanates is 2. The van der Waals surface area contributed by atoms with Crippen LogP contribution < -0.4 is 0 Å². The van der Waals surface area contributed by atoms with Crippen molar-refractivity contribution in [3.8, 4) is 0 Å². The van der Waals surface area contributed by atoms with Gasteiger partial charge in [0.25, 0.3) is 0 Å². The molecule has 0 fully saturated rings. The van der Waals surface area contributed by atoms with E-state index in [1.54, 1.807) is 6.07 Å². The Labute approximate surface area is 78.6 Å². The van der Waals surface area contributed by atoms with Gasteiger partial charge < -0.3 is 0 Å². The van der Waals surface area contributed by atoms with Gasteiger partial charge in [-0.1, -0.05) is 17.7 Å². The molecule has 0 N–H and O–H groups in total. The van der Waals surface area contributed by atoms with Crippen LogP contribution in [-0.2, 0) is 9.59 Å². The third-order valence-corrected chi connectivity index (χ3v) is 1.59. The fourth-order valence-electron chi connectivity index (χ4n) is 0.800. The minimum absolute atomic E-state index is 0.127. The first-order valence-corrected chi connectivity index (χ1v) is 3.61. The Hall–Kier alpha value is -1.73. The monoisotopic (exact) mass is 194 g/mol. The maximum atomic E-state index is 9.99. The van der Waals surface area contributed by atoms with Gasteiger partial charge in [-0.2, -0.15) is 9.98 Å². The van der Waals surface area contributed by atoms with Gasteiger partial charge in [0.2, 0.25) is 12.2 Å². The molecule has 0 amide bonds. The summed E-state index contributed by atoms with van der Waals surface area (Å²) in [7, 11) is 0. The quantitative estimate of drug-likeness (QED) is 0.536. The second kappa shape index (κ2) is 4.33. The largest absolute Gasteiger partial charge is 0.240 e. The van der Waals surface area contributed by atoms with E-state index in [2.05, 4.69) is 9.98 Å². The maximum Gasteiger partial charge on any atom is 0.240 e. The van der Waals surface area contributed by atoms with E-state index in [1.807, 2.05) is 0 Å². The summed E-state index contributed by atoms with van der Waals surface area (Å²) in [4.78, 5) is 26.6. The van der Waals surface area contributed by atoms with Crippen LogP contribution in [0.5, 0.6) is 0 Å². The minimum atomic E-state index is 0.127. The lowest BCUT2D eigenvalue weighted by atomic mass is 10.3. The Morgan fingerprint density at radius 3 is 2.46 bits per heavy atom. The van der Waals surface area contributed by atoms with Crippen LogP contribution in [-0.4, -0.2) is 12.2 Å². The molecule has 0 heterocycles. The van der Waals surface area contributed by atoms with E-state index in [0.717, 1.165) is 0 Å². The summed E-state index contributed by atoms with van der Waals surface area (Å²) in [5.74, 6) is 0. The lowest BCUT2D eigenvalue weighted by molar-refractivity contribution is 0.564. The number of benzene rings is 1. The van der Waals surface area contributed by atoms with Crippen molar-refractivity contribution < 1.29 is 9.59 Å². The molecular weight excluding hydrogens is 192 g/mol.